The van der Waals surface area contributed by atoms with Crippen molar-refractivity contribution in [2.45, 2.75) is 13.3 Å². The van der Waals surface area contributed by atoms with Gasteiger partial charge >= 0.3 is 0 Å². The molecule has 0 unspecified atom stereocenters. The minimum atomic E-state index is -0.380. The SMILES string of the molecule is CCc1nc(N)sc1C(=O)N/N=C\c1cc(OC)c(O)c(OC)c1. The van der Waals surface area contributed by atoms with Crippen molar-refractivity contribution in [3.05, 3.63) is 28.3 Å². The Morgan fingerprint density at radius 2 is 2.04 bits per heavy atom. The number of nitrogen functional groups attached to an aromatic ring is 1. The Hall–Kier alpha value is -2.81. The molecule has 24 heavy (non-hydrogen) atoms. The number of hydrazone groups is 1. The zero-order valence-electron chi connectivity index (χ0n) is 13.5. The maximum atomic E-state index is 12.1. The smallest absolute Gasteiger partial charge is 0.283 e. The third kappa shape index (κ3) is 3.74. The highest BCUT2D eigenvalue weighted by atomic mass is 32.1. The van der Waals surface area contributed by atoms with E-state index in [1.807, 2.05) is 6.92 Å². The Morgan fingerprint density at radius 3 is 2.58 bits per heavy atom. The Kier molecular flexibility index (Phi) is 5.59. The van der Waals surface area contributed by atoms with Gasteiger partial charge in [0.1, 0.15) is 4.88 Å². The molecule has 0 aliphatic heterocycles. The minimum absolute atomic E-state index is 0.103. The molecule has 0 saturated heterocycles. The number of aryl methyl sites for hydroxylation is 1. The van der Waals surface area contributed by atoms with Crippen LogP contribution in [-0.4, -0.2) is 36.4 Å². The monoisotopic (exact) mass is 350 g/mol. The summed E-state index contributed by atoms with van der Waals surface area (Å²) in [6.07, 6.45) is 2.02. The Balaban J connectivity index is 2.15. The molecule has 0 fully saturated rings. The van der Waals surface area contributed by atoms with E-state index in [9.17, 15) is 9.90 Å². The van der Waals surface area contributed by atoms with Crippen molar-refractivity contribution >= 4 is 28.6 Å². The summed E-state index contributed by atoms with van der Waals surface area (Å²) in [6, 6.07) is 3.13. The number of phenols is 1. The standard InChI is InChI=1S/C15H18N4O4S/c1-4-9-13(24-15(16)18-9)14(21)19-17-7-8-5-10(22-2)12(20)11(6-8)23-3/h5-7,20H,4H2,1-3H3,(H2,16,18)(H,19,21)/b17-7-. The van der Waals surface area contributed by atoms with Crippen molar-refractivity contribution in [2.75, 3.05) is 20.0 Å². The van der Waals surface area contributed by atoms with Crippen LogP contribution in [0.5, 0.6) is 17.2 Å². The lowest BCUT2D eigenvalue weighted by atomic mass is 10.2. The molecule has 8 nitrogen and oxygen atoms in total. The average molecular weight is 350 g/mol. The van der Waals surface area contributed by atoms with E-state index in [1.165, 1.54) is 20.4 Å². The number of nitrogens with zero attached hydrogens (tertiary/aromatic N) is 2. The fraction of sp³-hybridized carbons (Fsp3) is 0.267. The lowest BCUT2D eigenvalue weighted by molar-refractivity contribution is 0.0958. The molecule has 4 N–H and O–H groups in total. The van der Waals surface area contributed by atoms with Crippen LogP contribution in [0.4, 0.5) is 5.13 Å². The van der Waals surface area contributed by atoms with Gasteiger partial charge in [0, 0.05) is 5.56 Å². The number of methoxy groups -OCH3 is 2. The number of hydrogen-bond acceptors (Lipinski definition) is 8. The summed E-state index contributed by atoms with van der Waals surface area (Å²) in [5.41, 5.74) is 9.28. The van der Waals surface area contributed by atoms with Gasteiger partial charge in [-0.2, -0.15) is 5.10 Å². The second-order valence-electron chi connectivity index (χ2n) is 4.65. The van der Waals surface area contributed by atoms with Crippen molar-refractivity contribution < 1.29 is 19.4 Å². The Morgan fingerprint density at radius 1 is 1.42 bits per heavy atom. The van der Waals surface area contributed by atoms with E-state index >= 15 is 0 Å². The largest absolute Gasteiger partial charge is 0.502 e. The van der Waals surface area contributed by atoms with Crippen LogP contribution < -0.4 is 20.6 Å². The summed E-state index contributed by atoms with van der Waals surface area (Å²) in [6.45, 7) is 1.89. The zero-order valence-corrected chi connectivity index (χ0v) is 14.3. The molecule has 2 rings (SSSR count). The highest BCUT2D eigenvalue weighted by Crippen LogP contribution is 2.36. The molecule has 1 aromatic carbocycles. The number of amides is 1. The van der Waals surface area contributed by atoms with Gasteiger partial charge in [-0.05, 0) is 18.6 Å². The fourth-order valence-corrected chi connectivity index (χ4v) is 2.80. The van der Waals surface area contributed by atoms with Gasteiger partial charge in [0.05, 0.1) is 26.1 Å². The van der Waals surface area contributed by atoms with Crippen molar-refractivity contribution in [3.63, 3.8) is 0 Å². The van der Waals surface area contributed by atoms with E-state index in [-0.39, 0.29) is 23.2 Å². The van der Waals surface area contributed by atoms with Crippen LogP contribution in [0.3, 0.4) is 0 Å². The Bertz CT molecular complexity index is 748. The first-order chi connectivity index (χ1) is 11.5. The normalized spacial score (nSPS) is 10.8. The second kappa shape index (κ2) is 7.64. The lowest BCUT2D eigenvalue weighted by Gasteiger charge is -2.09. The molecule has 1 heterocycles. The van der Waals surface area contributed by atoms with Crippen LogP contribution in [0.1, 0.15) is 27.9 Å². The van der Waals surface area contributed by atoms with Crippen molar-refractivity contribution in [1.82, 2.24) is 10.4 Å². The number of carbonyl (C=O) groups is 1. The molecule has 0 radical (unpaired) electrons. The molecule has 0 aliphatic rings. The first-order valence-corrected chi connectivity index (χ1v) is 7.85. The molecule has 0 bridgehead atoms. The van der Waals surface area contributed by atoms with Crippen LogP contribution in [0.15, 0.2) is 17.2 Å². The van der Waals surface area contributed by atoms with Crippen molar-refractivity contribution in [3.8, 4) is 17.2 Å². The third-order valence-corrected chi connectivity index (χ3v) is 4.06. The highest BCUT2D eigenvalue weighted by Gasteiger charge is 2.15. The number of ether oxygens (including phenoxy) is 2. The number of phenolic OH excluding ortho intramolecular Hbond substituents is 1. The average Bonchev–Trinajstić information content (AvgIpc) is 2.97. The van der Waals surface area contributed by atoms with Gasteiger partial charge < -0.3 is 20.3 Å². The number of hydrogen-bond donors (Lipinski definition) is 3. The number of thiazole rings is 1. The van der Waals surface area contributed by atoms with Crippen LogP contribution in [-0.2, 0) is 6.42 Å². The summed E-state index contributed by atoms with van der Waals surface area (Å²) in [5.74, 6) is 0.000156. The molecular formula is C15H18N4O4S. The van der Waals surface area contributed by atoms with E-state index < -0.39 is 0 Å². The highest BCUT2D eigenvalue weighted by molar-refractivity contribution is 7.17. The number of anilines is 1. The fourth-order valence-electron chi connectivity index (χ4n) is 1.99. The zero-order chi connectivity index (χ0) is 17.7. The number of carbonyl (C=O) groups excluding carboxylic acids is 1. The quantitative estimate of drug-likeness (QED) is 0.540. The summed E-state index contributed by atoms with van der Waals surface area (Å²) in [4.78, 5) is 16.7. The molecule has 0 aliphatic carbocycles. The van der Waals surface area contributed by atoms with Gasteiger partial charge in [0.15, 0.2) is 16.6 Å². The number of nitrogens with one attached hydrogen (secondary N) is 1. The van der Waals surface area contributed by atoms with Crippen molar-refractivity contribution in [2.24, 2.45) is 5.10 Å². The third-order valence-electron chi connectivity index (χ3n) is 3.14. The number of benzene rings is 1. The maximum Gasteiger partial charge on any atom is 0.283 e. The first-order valence-electron chi connectivity index (χ1n) is 7.03. The predicted octanol–water partition coefficient (Wildman–Crippen LogP) is 1.77. The summed E-state index contributed by atoms with van der Waals surface area (Å²) >= 11 is 1.12. The molecular weight excluding hydrogens is 332 g/mol. The van der Waals surface area contributed by atoms with Crippen molar-refractivity contribution in [1.29, 1.82) is 0 Å². The summed E-state index contributed by atoms with van der Waals surface area (Å²) < 4.78 is 10.1. The van der Waals surface area contributed by atoms with Gasteiger partial charge in [0.25, 0.3) is 5.91 Å². The molecule has 128 valence electrons. The van der Waals surface area contributed by atoms with Gasteiger partial charge in [0.2, 0.25) is 5.75 Å². The number of nitrogens with two attached hydrogens (primary N) is 1. The minimum Gasteiger partial charge on any atom is -0.502 e. The summed E-state index contributed by atoms with van der Waals surface area (Å²) in [5, 5.41) is 14.1. The maximum absolute atomic E-state index is 12.1. The first kappa shape index (κ1) is 17.5. The molecule has 2 aromatic rings. The van der Waals surface area contributed by atoms with E-state index in [0.29, 0.717) is 27.7 Å². The second-order valence-corrected chi connectivity index (χ2v) is 5.69. The number of aromatic hydroxyl groups is 1. The molecule has 0 spiro atoms. The number of aromatic nitrogens is 1. The van der Waals surface area contributed by atoms with Crippen LogP contribution >= 0.6 is 11.3 Å². The van der Waals surface area contributed by atoms with Crippen LogP contribution in [0, 0.1) is 0 Å². The van der Waals surface area contributed by atoms with Crippen LogP contribution in [0.2, 0.25) is 0 Å². The number of rotatable bonds is 6. The summed E-state index contributed by atoms with van der Waals surface area (Å²) in [7, 11) is 2.86. The predicted molar refractivity (Wildman–Crippen MR) is 92.2 cm³/mol. The molecule has 1 aromatic heterocycles. The van der Waals surface area contributed by atoms with E-state index in [4.69, 9.17) is 15.2 Å². The van der Waals surface area contributed by atoms with Gasteiger partial charge in [-0.3, -0.25) is 4.79 Å². The molecule has 9 heteroatoms. The lowest BCUT2D eigenvalue weighted by Crippen LogP contribution is -2.17. The topological polar surface area (TPSA) is 119 Å². The van der Waals surface area contributed by atoms with Gasteiger partial charge in [-0.15, -0.1) is 0 Å². The molecule has 0 saturated carbocycles. The molecule has 0 atom stereocenters. The van der Waals surface area contributed by atoms with Gasteiger partial charge in [-0.25, -0.2) is 10.4 Å². The van der Waals surface area contributed by atoms with E-state index in [2.05, 4.69) is 15.5 Å². The van der Waals surface area contributed by atoms with Gasteiger partial charge in [-0.1, -0.05) is 18.3 Å². The van der Waals surface area contributed by atoms with Crippen LogP contribution in [0.25, 0.3) is 0 Å². The Labute approximate surface area is 142 Å². The molecule has 1 amide bonds. The van der Waals surface area contributed by atoms with E-state index in [0.717, 1.165) is 11.3 Å². The van der Waals surface area contributed by atoms with E-state index in [1.54, 1.807) is 12.1 Å².